The van der Waals surface area contributed by atoms with Crippen molar-refractivity contribution in [3.63, 3.8) is 0 Å². The maximum atomic E-state index is 0. The summed E-state index contributed by atoms with van der Waals surface area (Å²) in [5.41, 5.74) is 0. The van der Waals surface area contributed by atoms with Crippen LogP contribution in [0.1, 0.15) is 0 Å². The van der Waals surface area contributed by atoms with Crippen molar-refractivity contribution in [1.29, 1.82) is 0 Å². The van der Waals surface area contributed by atoms with Gasteiger partial charge in [-0.3, -0.25) is 0 Å². The fourth-order valence-electron chi connectivity index (χ4n) is 0. The number of halogens is 3. The van der Waals surface area contributed by atoms with Crippen LogP contribution in [0, 0.1) is 40.4 Å². The molecule has 0 aromatic carbocycles. The summed E-state index contributed by atoms with van der Waals surface area (Å²) >= 11 is 0. The molecular weight excluding hydrogens is 390 g/mol. The van der Waals surface area contributed by atoms with Crippen molar-refractivity contribution in [3.8, 4) is 0 Å². The van der Waals surface area contributed by atoms with Gasteiger partial charge in [0, 0.05) is 40.4 Å². The Kier molecular flexibility index (Phi) is 125. The van der Waals surface area contributed by atoms with Crippen LogP contribution in [0.5, 0.6) is 0 Å². The average molecular weight is 393 g/mol. The van der Waals surface area contributed by atoms with Gasteiger partial charge in [0.25, 0.3) is 0 Å². The first-order valence-corrected chi connectivity index (χ1v) is 0. The van der Waals surface area contributed by atoms with Crippen molar-refractivity contribution in [1.82, 2.24) is 0 Å². The molecule has 0 spiro atoms. The molecule has 0 saturated carbocycles. The third-order valence-corrected chi connectivity index (χ3v) is 0. The molecule has 0 aromatic heterocycles. The van der Waals surface area contributed by atoms with E-state index in [9.17, 15) is 0 Å². The third kappa shape index (κ3) is 8.84. The van der Waals surface area contributed by atoms with Crippen LogP contribution in [0.3, 0.4) is 0 Å². The summed E-state index contributed by atoms with van der Waals surface area (Å²) in [6, 6.07) is 0. The van der Waals surface area contributed by atoms with Crippen molar-refractivity contribution >= 4 is 50.9 Å². The SMILES string of the molecule is Br.Br.Br.[Sm]. The molecule has 0 radical (unpaired) electrons. The first-order chi connectivity index (χ1) is 0. The summed E-state index contributed by atoms with van der Waals surface area (Å²) in [7, 11) is 0. The van der Waals surface area contributed by atoms with Gasteiger partial charge in [-0.15, -0.1) is 50.9 Å². The van der Waals surface area contributed by atoms with Gasteiger partial charge >= 0.3 is 0 Å². The van der Waals surface area contributed by atoms with Crippen LogP contribution >= 0.6 is 50.9 Å². The monoisotopic (exact) mass is 392 g/mol. The maximum absolute atomic E-state index is 0. The van der Waals surface area contributed by atoms with Crippen molar-refractivity contribution in [2.45, 2.75) is 0 Å². The summed E-state index contributed by atoms with van der Waals surface area (Å²) in [4.78, 5) is 0. The smallest absolute Gasteiger partial charge is 0 e. The topological polar surface area (TPSA) is 0 Å². The second-order valence-corrected chi connectivity index (χ2v) is 0. The fourth-order valence-corrected chi connectivity index (χ4v) is 0. The molecule has 30 valence electrons. The van der Waals surface area contributed by atoms with E-state index in [2.05, 4.69) is 0 Å². The molecule has 4 heteroatoms. The Balaban J connectivity index is 0. The van der Waals surface area contributed by atoms with E-state index in [-0.39, 0.29) is 91.3 Å². The molecule has 0 aromatic rings. The molecule has 0 atom stereocenters. The predicted molar refractivity (Wildman–Crippen MR) is 31.0 cm³/mol. The molecule has 0 rings (SSSR count). The van der Waals surface area contributed by atoms with Gasteiger partial charge < -0.3 is 0 Å². The summed E-state index contributed by atoms with van der Waals surface area (Å²) in [5, 5.41) is 0. The zero-order valence-electron chi connectivity index (χ0n) is 1.63. The van der Waals surface area contributed by atoms with E-state index in [1.165, 1.54) is 0 Å². The van der Waals surface area contributed by atoms with E-state index in [0.717, 1.165) is 0 Å². The molecule has 0 unspecified atom stereocenters. The van der Waals surface area contributed by atoms with E-state index in [4.69, 9.17) is 0 Å². The van der Waals surface area contributed by atoms with Crippen LogP contribution in [-0.4, -0.2) is 0 Å². The molecule has 0 fully saturated rings. The number of rotatable bonds is 0. The zero-order chi connectivity index (χ0) is 0. The summed E-state index contributed by atoms with van der Waals surface area (Å²) in [6.07, 6.45) is 0. The molecule has 0 aliphatic carbocycles. The van der Waals surface area contributed by atoms with Crippen LogP contribution in [-0.2, 0) is 0 Å². The Hall–Kier alpha value is 2.78. The first-order valence-electron chi connectivity index (χ1n) is 0. The van der Waals surface area contributed by atoms with Gasteiger partial charge in [0.1, 0.15) is 0 Å². The van der Waals surface area contributed by atoms with E-state index >= 15 is 0 Å². The third-order valence-electron chi connectivity index (χ3n) is 0. The molecule has 4 heavy (non-hydrogen) atoms. The Morgan fingerprint density at radius 2 is 0.500 bits per heavy atom. The second-order valence-electron chi connectivity index (χ2n) is 0. The Labute approximate surface area is 89.5 Å². The minimum Gasteiger partial charge on any atom is -0.114 e. The Bertz CT molecular complexity index is 3.25. The molecule has 0 saturated heterocycles. The molecule has 0 aliphatic rings. The van der Waals surface area contributed by atoms with Gasteiger partial charge in [-0.05, 0) is 0 Å². The van der Waals surface area contributed by atoms with Gasteiger partial charge in [-0.25, -0.2) is 0 Å². The van der Waals surface area contributed by atoms with Gasteiger partial charge in [0.2, 0.25) is 0 Å². The predicted octanol–water partition coefficient (Wildman–Crippen LogP) is 1.73. The first kappa shape index (κ1) is 29.3. The zero-order valence-corrected chi connectivity index (χ0v) is 9.39. The summed E-state index contributed by atoms with van der Waals surface area (Å²) in [6.45, 7) is 0. The van der Waals surface area contributed by atoms with Crippen molar-refractivity contribution in [2.24, 2.45) is 0 Å². The van der Waals surface area contributed by atoms with Gasteiger partial charge in [-0.2, -0.15) is 0 Å². The van der Waals surface area contributed by atoms with Crippen molar-refractivity contribution in [3.05, 3.63) is 0 Å². The molecular formula is H3Br3Sm. The van der Waals surface area contributed by atoms with Gasteiger partial charge in [0.05, 0.1) is 0 Å². The maximum Gasteiger partial charge on any atom is 0 e. The van der Waals surface area contributed by atoms with Crippen molar-refractivity contribution < 1.29 is 40.4 Å². The van der Waals surface area contributed by atoms with Crippen LogP contribution in [0.2, 0.25) is 0 Å². The molecule has 0 bridgehead atoms. The minimum atomic E-state index is 0. The Morgan fingerprint density at radius 1 is 0.500 bits per heavy atom. The standard InChI is InChI=1S/3BrH.Sm/h3*1H;. The van der Waals surface area contributed by atoms with Crippen LogP contribution in [0.4, 0.5) is 0 Å². The Morgan fingerprint density at radius 3 is 0.500 bits per heavy atom. The van der Waals surface area contributed by atoms with Crippen LogP contribution < -0.4 is 0 Å². The second kappa shape index (κ2) is 17.1. The van der Waals surface area contributed by atoms with E-state index < -0.39 is 0 Å². The summed E-state index contributed by atoms with van der Waals surface area (Å²) < 4.78 is 0. The fraction of sp³-hybridized carbons (Fsp3) is 0. The summed E-state index contributed by atoms with van der Waals surface area (Å²) in [5.74, 6) is 0. The normalized spacial score (nSPS) is 0. The minimum absolute atomic E-state index is 0. The molecule has 0 aliphatic heterocycles. The van der Waals surface area contributed by atoms with Crippen molar-refractivity contribution in [2.75, 3.05) is 0 Å². The van der Waals surface area contributed by atoms with Gasteiger partial charge in [0.15, 0.2) is 0 Å². The number of hydrogen-bond acceptors (Lipinski definition) is 0. The van der Waals surface area contributed by atoms with E-state index in [0.29, 0.717) is 0 Å². The quantitative estimate of drug-likeness (QED) is 0.589. The molecule has 0 nitrogen and oxygen atoms in total. The van der Waals surface area contributed by atoms with E-state index in [1.54, 1.807) is 0 Å². The van der Waals surface area contributed by atoms with Crippen LogP contribution in [0.25, 0.3) is 0 Å². The molecule has 0 heterocycles. The number of hydrogen-bond donors (Lipinski definition) is 0. The molecule has 0 N–H and O–H groups in total. The largest absolute Gasteiger partial charge is 0.114 e. The average Bonchev–Trinajstić information content (AvgIpc) is 0. The van der Waals surface area contributed by atoms with E-state index in [1.807, 2.05) is 0 Å². The van der Waals surface area contributed by atoms with Crippen LogP contribution in [0.15, 0.2) is 0 Å². The van der Waals surface area contributed by atoms with Gasteiger partial charge in [-0.1, -0.05) is 0 Å². The molecule has 0 amide bonds.